The van der Waals surface area contributed by atoms with Crippen LogP contribution in [0.4, 0.5) is 14.5 Å². The van der Waals surface area contributed by atoms with Crippen molar-refractivity contribution in [1.82, 2.24) is 24.7 Å². The molecule has 0 bridgehead atoms. The molecule has 2 saturated heterocycles. The number of aliphatic hydroxyl groups excluding tert-OH is 1. The normalized spacial score (nSPS) is 18.3. The summed E-state index contributed by atoms with van der Waals surface area (Å²) in [7, 11) is 1.46. The molecule has 1 aromatic heterocycles. The largest absolute Gasteiger partial charge is 0.476 e. The molecular weight excluding hydrogens is 612 g/mol. The molecule has 0 spiro atoms. The number of aliphatic hydroxyl groups is 1. The fraction of sp³-hybridized carbons (Fsp3) is 0.367. The number of ether oxygens (including phenoxy) is 1. The zero-order valence-electron chi connectivity index (χ0n) is 24.2. The number of carbonyl (C=O) groups excluding carboxylic acids is 3. The van der Waals surface area contributed by atoms with Crippen LogP contribution in [0.3, 0.4) is 0 Å². The Bertz CT molecular complexity index is 1670. The highest BCUT2D eigenvalue weighted by atomic mass is 35.5. The molecule has 0 saturated carbocycles. The molecule has 2 aliphatic rings. The Morgan fingerprint density at radius 3 is 2.56 bits per heavy atom. The highest BCUT2D eigenvalue weighted by molar-refractivity contribution is 6.34. The summed E-state index contributed by atoms with van der Waals surface area (Å²) in [6, 6.07) is 8.55. The van der Waals surface area contributed by atoms with Crippen LogP contribution in [0.15, 0.2) is 36.5 Å². The molecule has 0 aliphatic carbocycles. The molecule has 3 heterocycles. The van der Waals surface area contributed by atoms with Gasteiger partial charge in [0.05, 0.1) is 34.5 Å². The number of hydrogen-bond donors (Lipinski definition) is 3. The Kier molecular flexibility index (Phi) is 9.62. The maximum atomic E-state index is 14.8. The van der Waals surface area contributed by atoms with Crippen LogP contribution in [0.5, 0.6) is 5.75 Å². The van der Waals surface area contributed by atoms with Crippen LogP contribution in [0.25, 0.3) is 11.3 Å². The van der Waals surface area contributed by atoms with Crippen molar-refractivity contribution in [2.24, 2.45) is 13.0 Å². The van der Waals surface area contributed by atoms with Gasteiger partial charge in [-0.3, -0.25) is 14.4 Å². The topological polar surface area (TPSA) is 153 Å². The summed E-state index contributed by atoms with van der Waals surface area (Å²) in [4.78, 5) is 46.5. The van der Waals surface area contributed by atoms with E-state index in [1.54, 1.807) is 15.9 Å². The highest BCUT2D eigenvalue weighted by Crippen LogP contribution is 2.30. The highest BCUT2D eigenvalue weighted by Gasteiger charge is 2.32. The minimum absolute atomic E-state index is 0.0388. The molecule has 2 aliphatic heterocycles. The Labute approximate surface area is 262 Å². The van der Waals surface area contributed by atoms with Crippen LogP contribution in [0.2, 0.25) is 5.02 Å². The van der Waals surface area contributed by atoms with Crippen molar-refractivity contribution in [2.75, 3.05) is 51.2 Å². The van der Waals surface area contributed by atoms with Gasteiger partial charge in [-0.25, -0.2) is 9.37 Å². The number of β-amino-alcohol motifs (C(OH)–C–C–N with tert-alkyl or cyclic N) is 1. The van der Waals surface area contributed by atoms with E-state index in [1.165, 1.54) is 48.1 Å². The third-order valence-corrected chi connectivity index (χ3v) is 8.13. The molecule has 12 nitrogen and oxygen atoms in total. The first-order chi connectivity index (χ1) is 21.6. The van der Waals surface area contributed by atoms with Gasteiger partial charge in [-0.15, -0.1) is 0 Å². The van der Waals surface area contributed by atoms with E-state index in [1.807, 2.05) is 0 Å². The standard InChI is InChI=1S/C30H30ClF2N7O5/c1-38-23(21-4-5-24(45-11-6-34)26(33)25(21)32)16-36-27(38)28(42)37-18-2-3-20(22(31)13-18)30(44)40-9-7-39(8-10-40)29(43)17-12-19(41)15-35-14-17/h2-5,13,16-17,19,35,41H,7-12,14-15H2,1H3,(H,37,42). The van der Waals surface area contributed by atoms with Gasteiger partial charge in [-0.05, 0) is 36.8 Å². The number of aromatic nitrogens is 2. The van der Waals surface area contributed by atoms with Crippen molar-refractivity contribution in [3.63, 3.8) is 0 Å². The van der Waals surface area contributed by atoms with E-state index in [4.69, 9.17) is 21.6 Å². The summed E-state index contributed by atoms with van der Waals surface area (Å²) in [5, 5.41) is 24.3. The predicted octanol–water partition coefficient (Wildman–Crippen LogP) is 2.43. The lowest BCUT2D eigenvalue weighted by Crippen LogP contribution is -2.54. The van der Waals surface area contributed by atoms with Crippen molar-refractivity contribution >= 4 is 35.0 Å². The summed E-state index contributed by atoms with van der Waals surface area (Å²) in [5.41, 5.74) is 0.470. The lowest BCUT2D eigenvalue weighted by atomic mass is 9.96. The number of anilines is 1. The van der Waals surface area contributed by atoms with Gasteiger partial charge in [0, 0.05) is 57.6 Å². The van der Waals surface area contributed by atoms with Crippen molar-refractivity contribution in [1.29, 1.82) is 5.26 Å². The van der Waals surface area contributed by atoms with E-state index in [2.05, 4.69) is 15.6 Å². The van der Waals surface area contributed by atoms with Gasteiger partial charge in [0.15, 0.2) is 24.0 Å². The zero-order valence-corrected chi connectivity index (χ0v) is 25.0. The zero-order chi connectivity index (χ0) is 32.2. The summed E-state index contributed by atoms with van der Waals surface area (Å²) < 4.78 is 35.4. The van der Waals surface area contributed by atoms with Gasteiger partial charge < -0.3 is 34.8 Å². The van der Waals surface area contributed by atoms with E-state index < -0.39 is 36.0 Å². The van der Waals surface area contributed by atoms with E-state index in [-0.39, 0.29) is 51.1 Å². The molecule has 2 atom stereocenters. The van der Waals surface area contributed by atoms with Crippen molar-refractivity contribution in [2.45, 2.75) is 12.5 Å². The number of piperazine rings is 1. The molecule has 45 heavy (non-hydrogen) atoms. The Balaban J connectivity index is 1.21. The SMILES string of the molecule is Cn1c(-c2ccc(OCC#N)c(F)c2F)cnc1C(=O)Nc1ccc(C(=O)N2CCN(C(=O)C3CNCC(O)C3)CC2)c(Cl)c1. The predicted molar refractivity (Wildman–Crippen MR) is 159 cm³/mol. The van der Waals surface area contributed by atoms with Gasteiger partial charge in [0.2, 0.25) is 11.7 Å². The lowest BCUT2D eigenvalue weighted by molar-refractivity contribution is -0.138. The van der Waals surface area contributed by atoms with Crippen molar-refractivity contribution in [3.05, 3.63) is 64.6 Å². The molecule has 3 N–H and O–H groups in total. The number of rotatable bonds is 7. The number of hydrogen-bond acceptors (Lipinski definition) is 8. The van der Waals surface area contributed by atoms with E-state index in [0.29, 0.717) is 45.7 Å². The third kappa shape index (κ3) is 6.75. The Morgan fingerprint density at radius 2 is 1.87 bits per heavy atom. The number of nitrogens with zero attached hydrogens (tertiary/aromatic N) is 5. The molecule has 2 aromatic carbocycles. The van der Waals surface area contributed by atoms with Gasteiger partial charge in [-0.2, -0.15) is 9.65 Å². The monoisotopic (exact) mass is 641 g/mol. The molecule has 15 heteroatoms. The van der Waals surface area contributed by atoms with Crippen LogP contribution in [0.1, 0.15) is 27.4 Å². The molecule has 2 unspecified atom stereocenters. The van der Waals surface area contributed by atoms with Crippen LogP contribution < -0.4 is 15.4 Å². The number of nitrogens with one attached hydrogen (secondary N) is 2. The molecule has 236 valence electrons. The smallest absolute Gasteiger partial charge is 0.291 e. The van der Waals surface area contributed by atoms with Crippen LogP contribution >= 0.6 is 11.6 Å². The Morgan fingerprint density at radius 1 is 1.13 bits per heavy atom. The molecule has 3 amide bonds. The molecular formula is C30H30ClF2N7O5. The van der Waals surface area contributed by atoms with Crippen molar-refractivity contribution < 1.29 is 33.0 Å². The summed E-state index contributed by atoms with van der Waals surface area (Å²) in [6.07, 6.45) is 1.08. The number of halogens is 3. The van der Waals surface area contributed by atoms with Gasteiger partial charge in [-0.1, -0.05) is 11.6 Å². The average molecular weight is 642 g/mol. The minimum Gasteiger partial charge on any atom is -0.476 e. The van der Waals surface area contributed by atoms with Gasteiger partial charge in [0.25, 0.3) is 11.8 Å². The lowest BCUT2D eigenvalue weighted by Gasteiger charge is -2.37. The summed E-state index contributed by atoms with van der Waals surface area (Å²) in [6.45, 7) is 1.92. The van der Waals surface area contributed by atoms with Gasteiger partial charge in [0.1, 0.15) is 6.07 Å². The molecule has 0 radical (unpaired) electrons. The van der Waals surface area contributed by atoms with E-state index >= 15 is 0 Å². The van der Waals surface area contributed by atoms with E-state index in [0.717, 1.165) is 0 Å². The number of benzene rings is 2. The van der Waals surface area contributed by atoms with Crippen LogP contribution in [0, 0.1) is 28.9 Å². The second-order valence-electron chi connectivity index (χ2n) is 10.7. The second-order valence-corrected chi connectivity index (χ2v) is 11.1. The maximum Gasteiger partial charge on any atom is 0.291 e. The number of carbonyl (C=O) groups is 3. The fourth-order valence-corrected chi connectivity index (χ4v) is 5.70. The third-order valence-electron chi connectivity index (χ3n) is 7.82. The number of imidazole rings is 1. The summed E-state index contributed by atoms with van der Waals surface area (Å²) in [5.74, 6) is -4.31. The first kappa shape index (κ1) is 31.8. The number of nitriles is 1. The number of piperidine rings is 1. The fourth-order valence-electron chi connectivity index (χ4n) is 5.44. The quantitative estimate of drug-likeness (QED) is 0.356. The Hall–Kier alpha value is -4.58. The minimum atomic E-state index is -1.27. The second kappa shape index (κ2) is 13.6. The average Bonchev–Trinajstić information content (AvgIpc) is 3.42. The first-order valence-corrected chi connectivity index (χ1v) is 14.5. The van der Waals surface area contributed by atoms with Crippen LogP contribution in [-0.2, 0) is 11.8 Å². The van der Waals surface area contributed by atoms with E-state index in [9.17, 15) is 28.3 Å². The van der Waals surface area contributed by atoms with Crippen LogP contribution in [-0.4, -0.2) is 94.2 Å². The van der Waals surface area contributed by atoms with Gasteiger partial charge >= 0.3 is 0 Å². The molecule has 2 fully saturated rings. The first-order valence-electron chi connectivity index (χ1n) is 14.2. The molecule has 5 rings (SSSR count). The van der Waals surface area contributed by atoms with Crippen molar-refractivity contribution in [3.8, 4) is 23.1 Å². The molecule has 3 aromatic rings. The maximum absolute atomic E-state index is 14.8. The summed E-state index contributed by atoms with van der Waals surface area (Å²) >= 11 is 6.44. The number of amides is 3.